The number of pyridine rings is 1. The Bertz CT molecular complexity index is 1480. The van der Waals surface area contributed by atoms with Gasteiger partial charge in [-0.3, -0.25) is 4.98 Å². The normalized spacial score (nSPS) is 14.8. The molecule has 0 fully saturated rings. The third-order valence-corrected chi connectivity index (χ3v) is 7.10. The maximum atomic E-state index is 14.9. The molecule has 4 aromatic rings. The Labute approximate surface area is 196 Å². The summed E-state index contributed by atoms with van der Waals surface area (Å²) in [4.78, 5) is 16.3. The van der Waals surface area contributed by atoms with Gasteiger partial charge in [0.2, 0.25) is 10.0 Å². The van der Waals surface area contributed by atoms with Gasteiger partial charge in [-0.25, -0.2) is 22.8 Å². The Balaban J connectivity index is 1.45. The van der Waals surface area contributed by atoms with E-state index < -0.39 is 10.0 Å². The predicted molar refractivity (Wildman–Crippen MR) is 130 cm³/mol. The number of fused-ring (bicyclic) bond motifs is 1. The highest BCUT2D eigenvalue weighted by Gasteiger charge is 2.22. The molecular weight excluding hydrogens is 455 g/mol. The molecule has 1 aliphatic rings. The van der Waals surface area contributed by atoms with Crippen LogP contribution in [0.25, 0.3) is 27.9 Å². The third kappa shape index (κ3) is 4.55. The number of aromatic nitrogens is 4. The Morgan fingerprint density at radius 2 is 2.03 bits per heavy atom. The predicted octanol–water partition coefficient (Wildman–Crippen LogP) is 3.82. The number of nitrogens with zero attached hydrogens (tertiary/aromatic N) is 4. The van der Waals surface area contributed by atoms with Gasteiger partial charge in [-0.1, -0.05) is 12.1 Å². The van der Waals surface area contributed by atoms with Crippen LogP contribution in [0.5, 0.6) is 0 Å². The first kappa shape index (κ1) is 22.2. The van der Waals surface area contributed by atoms with Gasteiger partial charge in [-0.2, -0.15) is 4.31 Å². The standard InChI is InChI=1S/C24H23FN6O2S/c1-34(32,33)31-10-7-16(8-11-31)22-13-20-23(28-15-29-24(20)30-22)19-12-17(5-6-21(19)25)27-14-18-4-2-3-9-26-18/h2-7,9,12-13,15,27H,8,10-11,14H2,1H3,(H,28,29,30). The molecule has 0 radical (unpaired) electrons. The maximum absolute atomic E-state index is 14.9. The Morgan fingerprint density at radius 1 is 1.15 bits per heavy atom. The van der Waals surface area contributed by atoms with E-state index in [9.17, 15) is 12.8 Å². The molecule has 0 amide bonds. The van der Waals surface area contributed by atoms with Crippen molar-refractivity contribution in [1.82, 2.24) is 24.2 Å². The fourth-order valence-corrected chi connectivity index (χ4v) is 4.80. The van der Waals surface area contributed by atoms with Gasteiger partial charge in [0.1, 0.15) is 17.8 Å². The van der Waals surface area contributed by atoms with Crippen molar-refractivity contribution in [2.75, 3.05) is 24.7 Å². The van der Waals surface area contributed by atoms with Crippen LogP contribution < -0.4 is 5.32 Å². The van der Waals surface area contributed by atoms with Crippen LogP contribution in [0.1, 0.15) is 17.8 Å². The van der Waals surface area contributed by atoms with Crippen LogP contribution >= 0.6 is 0 Å². The lowest BCUT2D eigenvalue weighted by molar-refractivity contribution is 0.445. The SMILES string of the molecule is CS(=O)(=O)N1CC=C(c2cc3c(-c4cc(NCc5ccccn5)ccc4F)ncnc3[nH]2)CC1. The van der Waals surface area contributed by atoms with E-state index in [1.807, 2.05) is 30.3 Å². The smallest absolute Gasteiger partial charge is 0.211 e. The number of benzene rings is 1. The summed E-state index contributed by atoms with van der Waals surface area (Å²) in [5, 5.41) is 3.98. The topological polar surface area (TPSA) is 104 Å². The average molecular weight is 479 g/mol. The number of anilines is 1. The highest BCUT2D eigenvalue weighted by molar-refractivity contribution is 7.88. The number of hydrogen-bond acceptors (Lipinski definition) is 6. The van der Waals surface area contributed by atoms with Crippen LogP contribution in [0, 0.1) is 5.82 Å². The number of rotatable bonds is 6. The number of nitrogens with one attached hydrogen (secondary N) is 2. The summed E-state index contributed by atoms with van der Waals surface area (Å²) in [6, 6.07) is 12.4. The zero-order valence-electron chi connectivity index (χ0n) is 18.5. The highest BCUT2D eigenvalue weighted by atomic mass is 32.2. The van der Waals surface area contributed by atoms with Crippen molar-refractivity contribution >= 4 is 32.3 Å². The first-order chi connectivity index (χ1) is 16.4. The minimum Gasteiger partial charge on any atom is -0.379 e. The van der Waals surface area contributed by atoms with Crippen molar-refractivity contribution in [3.05, 3.63) is 78.3 Å². The number of aromatic amines is 1. The highest BCUT2D eigenvalue weighted by Crippen LogP contribution is 2.33. The summed E-state index contributed by atoms with van der Waals surface area (Å²) in [5.74, 6) is -0.383. The molecule has 0 saturated heterocycles. The molecule has 4 heterocycles. The van der Waals surface area contributed by atoms with Crippen molar-refractivity contribution in [2.45, 2.75) is 13.0 Å². The molecule has 0 atom stereocenters. The summed E-state index contributed by atoms with van der Waals surface area (Å²) < 4.78 is 39.9. The lowest BCUT2D eigenvalue weighted by Crippen LogP contribution is -2.33. The number of sulfonamides is 1. The summed E-state index contributed by atoms with van der Waals surface area (Å²) in [6.45, 7) is 1.25. The first-order valence-corrected chi connectivity index (χ1v) is 12.7. The molecule has 10 heteroatoms. The van der Waals surface area contributed by atoms with E-state index in [1.54, 1.807) is 18.3 Å². The largest absolute Gasteiger partial charge is 0.379 e. The second kappa shape index (κ2) is 8.96. The van der Waals surface area contributed by atoms with E-state index in [0.717, 1.165) is 22.6 Å². The fraction of sp³-hybridized carbons (Fsp3) is 0.208. The van der Waals surface area contributed by atoms with Crippen molar-refractivity contribution in [3.8, 4) is 11.3 Å². The van der Waals surface area contributed by atoms with E-state index in [2.05, 4.69) is 25.3 Å². The van der Waals surface area contributed by atoms with Crippen LogP contribution in [-0.2, 0) is 16.6 Å². The van der Waals surface area contributed by atoms with Crippen LogP contribution in [0.2, 0.25) is 0 Å². The van der Waals surface area contributed by atoms with E-state index in [-0.39, 0.29) is 5.82 Å². The summed E-state index contributed by atoms with van der Waals surface area (Å²) in [5.41, 5.74) is 4.90. The lowest BCUT2D eigenvalue weighted by Gasteiger charge is -2.23. The molecule has 0 saturated carbocycles. The third-order valence-electron chi connectivity index (χ3n) is 5.83. The maximum Gasteiger partial charge on any atom is 0.211 e. The molecule has 34 heavy (non-hydrogen) atoms. The minimum absolute atomic E-state index is 0.320. The van der Waals surface area contributed by atoms with E-state index in [4.69, 9.17) is 0 Å². The molecule has 0 bridgehead atoms. The summed E-state index contributed by atoms with van der Waals surface area (Å²) >= 11 is 0. The van der Waals surface area contributed by atoms with Gasteiger partial charge in [-0.05, 0) is 48.4 Å². The van der Waals surface area contributed by atoms with Gasteiger partial charge >= 0.3 is 0 Å². The van der Waals surface area contributed by atoms with Gasteiger partial charge in [0.05, 0.1) is 24.2 Å². The molecule has 3 aromatic heterocycles. The van der Waals surface area contributed by atoms with Gasteiger partial charge in [0.25, 0.3) is 0 Å². The van der Waals surface area contributed by atoms with Gasteiger partial charge in [-0.15, -0.1) is 0 Å². The van der Waals surface area contributed by atoms with Crippen molar-refractivity contribution < 1.29 is 12.8 Å². The molecule has 0 aliphatic carbocycles. The van der Waals surface area contributed by atoms with Crippen LogP contribution in [0.3, 0.4) is 0 Å². The zero-order valence-corrected chi connectivity index (χ0v) is 19.3. The summed E-state index contributed by atoms with van der Waals surface area (Å²) in [6.07, 6.45) is 6.82. The Kier molecular flexibility index (Phi) is 5.84. The van der Waals surface area contributed by atoms with E-state index in [1.165, 1.54) is 23.0 Å². The molecule has 1 aromatic carbocycles. The number of halogens is 1. The second-order valence-corrected chi connectivity index (χ2v) is 10.1. The molecule has 0 spiro atoms. The van der Waals surface area contributed by atoms with Crippen LogP contribution in [0.4, 0.5) is 10.1 Å². The molecule has 1 aliphatic heterocycles. The van der Waals surface area contributed by atoms with E-state index in [0.29, 0.717) is 48.3 Å². The molecule has 8 nitrogen and oxygen atoms in total. The van der Waals surface area contributed by atoms with E-state index >= 15 is 0 Å². The van der Waals surface area contributed by atoms with Gasteiger partial charge in [0, 0.05) is 41.6 Å². The van der Waals surface area contributed by atoms with Crippen molar-refractivity contribution in [2.24, 2.45) is 0 Å². The van der Waals surface area contributed by atoms with Crippen molar-refractivity contribution in [3.63, 3.8) is 0 Å². The van der Waals surface area contributed by atoms with Crippen molar-refractivity contribution in [1.29, 1.82) is 0 Å². The van der Waals surface area contributed by atoms with Crippen LogP contribution in [-0.4, -0.2) is 52.0 Å². The lowest BCUT2D eigenvalue weighted by atomic mass is 10.0. The zero-order chi connectivity index (χ0) is 23.7. The molecule has 2 N–H and O–H groups in total. The van der Waals surface area contributed by atoms with Crippen LogP contribution in [0.15, 0.2) is 61.1 Å². The fourth-order valence-electron chi connectivity index (χ4n) is 4.04. The average Bonchev–Trinajstić information content (AvgIpc) is 3.28. The molecule has 5 rings (SSSR count). The Hall–Kier alpha value is -3.63. The van der Waals surface area contributed by atoms with Gasteiger partial charge < -0.3 is 10.3 Å². The molecule has 174 valence electrons. The monoisotopic (exact) mass is 478 g/mol. The number of hydrogen-bond donors (Lipinski definition) is 2. The number of H-pyrrole nitrogens is 1. The first-order valence-electron chi connectivity index (χ1n) is 10.8. The second-order valence-electron chi connectivity index (χ2n) is 8.14. The molecule has 0 unspecified atom stereocenters. The summed E-state index contributed by atoms with van der Waals surface area (Å²) in [7, 11) is -3.23. The Morgan fingerprint density at radius 3 is 2.76 bits per heavy atom. The quantitative estimate of drug-likeness (QED) is 0.437. The molecular formula is C24H23FN6O2S. The minimum atomic E-state index is -3.23. The van der Waals surface area contributed by atoms with Gasteiger partial charge in [0.15, 0.2) is 0 Å².